The van der Waals surface area contributed by atoms with Gasteiger partial charge in [-0.2, -0.15) is 0 Å². The number of aryl methyl sites for hydroxylation is 1. The van der Waals surface area contributed by atoms with Gasteiger partial charge in [-0.1, -0.05) is 18.2 Å². The molecule has 0 bridgehead atoms. The zero-order valence-electron chi connectivity index (χ0n) is 14.3. The molecule has 26 heavy (non-hydrogen) atoms. The van der Waals surface area contributed by atoms with Gasteiger partial charge in [-0.05, 0) is 25.1 Å². The van der Waals surface area contributed by atoms with Gasteiger partial charge < -0.3 is 10.2 Å². The first-order chi connectivity index (χ1) is 12.7. The molecule has 1 N–H and O–H groups in total. The summed E-state index contributed by atoms with van der Waals surface area (Å²) in [4.78, 5) is 31.5. The summed E-state index contributed by atoms with van der Waals surface area (Å²) in [5.74, 6) is 2.09. The van der Waals surface area contributed by atoms with Crippen LogP contribution in [0.1, 0.15) is 27.8 Å². The number of likely N-dealkylation sites (tertiary alicyclic amines) is 1. The van der Waals surface area contributed by atoms with E-state index in [9.17, 15) is 4.79 Å². The average molecular weight is 346 g/mol. The van der Waals surface area contributed by atoms with E-state index in [1.165, 1.54) is 0 Å². The highest BCUT2D eigenvalue weighted by molar-refractivity contribution is 5.94. The summed E-state index contributed by atoms with van der Waals surface area (Å²) in [5, 5.41) is 3.09. The van der Waals surface area contributed by atoms with Gasteiger partial charge in [-0.25, -0.2) is 19.9 Å². The molecule has 0 atom stereocenters. The zero-order valence-corrected chi connectivity index (χ0v) is 14.3. The van der Waals surface area contributed by atoms with Gasteiger partial charge in [0.15, 0.2) is 0 Å². The Morgan fingerprint density at radius 2 is 1.81 bits per heavy atom. The van der Waals surface area contributed by atoms with E-state index in [0.717, 1.165) is 5.69 Å². The monoisotopic (exact) mass is 346 g/mol. The molecule has 1 fully saturated rings. The summed E-state index contributed by atoms with van der Waals surface area (Å²) >= 11 is 0. The molecule has 1 aliphatic heterocycles. The number of hydrogen-bond acceptors (Lipinski definition) is 6. The van der Waals surface area contributed by atoms with Crippen molar-refractivity contribution in [3.63, 3.8) is 0 Å². The minimum atomic E-state index is 0.0589. The number of carbonyl (C=O) groups excluding carboxylic acids is 1. The van der Waals surface area contributed by atoms with Crippen LogP contribution in [0.2, 0.25) is 0 Å². The fourth-order valence-corrected chi connectivity index (χ4v) is 2.94. The molecule has 3 heterocycles. The van der Waals surface area contributed by atoms with Crippen molar-refractivity contribution in [3.8, 4) is 0 Å². The lowest BCUT2D eigenvalue weighted by molar-refractivity contribution is 0.0598. The number of aromatic nitrogens is 4. The third-order valence-electron chi connectivity index (χ3n) is 4.27. The Morgan fingerprint density at radius 3 is 2.54 bits per heavy atom. The van der Waals surface area contributed by atoms with E-state index >= 15 is 0 Å². The fraction of sp³-hybridized carbons (Fsp3) is 0.211. The van der Waals surface area contributed by atoms with Crippen molar-refractivity contribution in [2.24, 2.45) is 0 Å². The molecule has 4 rings (SSSR count). The van der Waals surface area contributed by atoms with Crippen molar-refractivity contribution < 1.29 is 4.79 Å². The maximum atomic E-state index is 12.4. The summed E-state index contributed by atoms with van der Waals surface area (Å²) in [7, 11) is 0. The van der Waals surface area contributed by atoms with Crippen LogP contribution in [0, 0.1) is 6.92 Å². The van der Waals surface area contributed by atoms with Gasteiger partial charge in [-0.15, -0.1) is 0 Å². The standard InChI is InChI=1S/C19H18N6O/c1-13-22-16(10-17(23-13)24-19-20-8-5-9-21-19)15-11-25(12-15)18(26)14-6-3-2-4-7-14/h2-10,15H,11-12H2,1H3,(H,20,21,22,23,24). The highest BCUT2D eigenvalue weighted by Crippen LogP contribution is 2.28. The van der Waals surface area contributed by atoms with Crippen LogP contribution in [-0.2, 0) is 0 Å². The molecule has 0 saturated carbocycles. The fourth-order valence-electron chi connectivity index (χ4n) is 2.94. The van der Waals surface area contributed by atoms with Crippen molar-refractivity contribution in [2.45, 2.75) is 12.8 Å². The third kappa shape index (κ3) is 3.37. The Labute approximate surface area is 151 Å². The summed E-state index contributed by atoms with van der Waals surface area (Å²) < 4.78 is 0. The van der Waals surface area contributed by atoms with Gasteiger partial charge in [0, 0.05) is 43.0 Å². The second kappa shape index (κ2) is 6.87. The molecular formula is C19H18N6O. The van der Waals surface area contributed by atoms with Crippen LogP contribution in [0.25, 0.3) is 0 Å². The van der Waals surface area contributed by atoms with E-state index in [0.29, 0.717) is 36.2 Å². The number of carbonyl (C=O) groups is 1. The largest absolute Gasteiger partial charge is 0.337 e. The first kappa shape index (κ1) is 16.1. The van der Waals surface area contributed by atoms with Crippen molar-refractivity contribution in [3.05, 3.63) is 71.9 Å². The predicted molar refractivity (Wildman–Crippen MR) is 97.2 cm³/mol. The summed E-state index contributed by atoms with van der Waals surface area (Å²) in [6, 6.07) is 13.0. The lowest BCUT2D eigenvalue weighted by Gasteiger charge is -2.39. The molecule has 0 spiro atoms. The van der Waals surface area contributed by atoms with Crippen LogP contribution in [0.15, 0.2) is 54.9 Å². The maximum absolute atomic E-state index is 12.4. The molecular weight excluding hydrogens is 328 g/mol. The van der Waals surface area contributed by atoms with Gasteiger partial charge in [-0.3, -0.25) is 4.79 Å². The van der Waals surface area contributed by atoms with Crippen molar-refractivity contribution in [2.75, 3.05) is 18.4 Å². The third-order valence-corrected chi connectivity index (χ3v) is 4.27. The van der Waals surface area contributed by atoms with E-state index in [-0.39, 0.29) is 11.8 Å². The van der Waals surface area contributed by atoms with Crippen LogP contribution in [0.3, 0.4) is 0 Å². The second-order valence-electron chi connectivity index (χ2n) is 6.20. The van der Waals surface area contributed by atoms with Crippen LogP contribution in [0.4, 0.5) is 11.8 Å². The van der Waals surface area contributed by atoms with E-state index in [2.05, 4.69) is 25.3 Å². The van der Waals surface area contributed by atoms with Crippen LogP contribution < -0.4 is 5.32 Å². The maximum Gasteiger partial charge on any atom is 0.253 e. The summed E-state index contributed by atoms with van der Waals surface area (Å²) in [6.45, 7) is 3.17. The van der Waals surface area contributed by atoms with Crippen molar-refractivity contribution in [1.82, 2.24) is 24.8 Å². The molecule has 1 aliphatic rings. The summed E-state index contributed by atoms with van der Waals surface area (Å²) in [5.41, 5.74) is 1.64. The molecule has 3 aromatic rings. The molecule has 7 nitrogen and oxygen atoms in total. The summed E-state index contributed by atoms with van der Waals surface area (Å²) in [6.07, 6.45) is 3.34. The Morgan fingerprint density at radius 1 is 1.08 bits per heavy atom. The number of amides is 1. The quantitative estimate of drug-likeness (QED) is 0.782. The Balaban J connectivity index is 1.45. The molecule has 130 valence electrons. The number of anilines is 2. The van der Waals surface area contributed by atoms with E-state index in [1.54, 1.807) is 18.5 Å². The zero-order chi connectivity index (χ0) is 17.9. The molecule has 1 saturated heterocycles. The van der Waals surface area contributed by atoms with Crippen LogP contribution in [-0.4, -0.2) is 43.8 Å². The number of nitrogens with one attached hydrogen (secondary N) is 1. The van der Waals surface area contributed by atoms with Crippen LogP contribution in [0.5, 0.6) is 0 Å². The van der Waals surface area contributed by atoms with Gasteiger partial charge in [0.05, 0.1) is 5.69 Å². The number of hydrogen-bond donors (Lipinski definition) is 1. The Hall–Kier alpha value is -3.35. The molecule has 7 heteroatoms. The van der Waals surface area contributed by atoms with Crippen LogP contribution >= 0.6 is 0 Å². The topological polar surface area (TPSA) is 83.9 Å². The molecule has 0 unspecified atom stereocenters. The molecule has 1 aromatic carbocycles. The second-order valence-corrected chi connectivity index (χ2v) is 6.20. The van der Waals surface area contributed by atoms with E-state index in [4.69, 9.17) is 0 Å². The molecule has 0 aliphatic carbocycles. The van der Waals surface area contributed by atoms with Gasteiger partial charge in [0.2, 0.25) is 5.95 Å². The lowest BCUT2D eigenvalue weighted by Crippen LogP contribution is -2.48. The van der Waals surface area contributed by atoms with E-state index < -0.39 is 0 Å². The first-order valence-corrected chi connectivity index (χ1v) is 8.43. The number of nitrogens with zero attached hydrogens (tertiary/aromatic N) is 5. The van der Waals surface area contributed by atoms with E-state index in [1.807, 2.05) is 48.2 Å². The number of benzene rings is 1. The molecule has 1 amide bonds. The average Bonchev–Trinajstić information content (AvgIpc) is 2.61. The minimum Gasteiger partial charge on any atom is -0.337 e. The van der Waals surface area contributed by atoms with Crippen molar-refractivity contribution >= 4 is 17.7 Å². The number of rotatable bonds is 4. The van der Waals surface area contributed by atoms with Gasteiger partial charge >= 0.3 is 0 Å². The molecule has 2 aromatic heterocycles. The van der Waals surface area contributed by atoms with Crippen molar-refractivity contribution in [1.29, 1.82) is 0 Å². The normalized spacial score (nSPS) is 14.0. The highest BCUT2D eigenvalue weighted by Gasteiger charge is 2.33. The van der Waals surface area contributed by atoms with Gasteiger partial charge in [0.1, 0.15) is 11.6 Å². The SMILES string of the molecule is Cc1nc(Nc2ncccn2)cc(C2CN(C(=O)c3ccccc3)C2)n1. The Kier molecular flexibility index (Phi) is 4.27. The predicted octanol–water partition coefficient (Wildman–Crippen LogP) is 2.56. The highest BCUT2D eigenvalue weighted by atomic mass is 16.2. The smallest absolute Gasteiger partial charge is 0.253 e. The first-order valence-electron chi connectivity index (χ1n) is 8.43. The van der Waals surface area contributed by atoms with Gasteiger partial charge in [0.25, 0.3) is 5.91 Å². The minimum absolute atomic E-state index is 0.0589. The Bertz CT molecular complexity index is 910. The molecule has 0 radical (unpaired) electrons. The lowest BCUT2D eigenvalue weighted by atomic mass is 9.95.